The van der Waals surface area contributed by atoms with E-state index in [4.69, 9.17) is 4.74 Å². The predicted molar refractivity (Wildman–Crippen MR) is 108 cm³/mol. The summed E-state index contributed by atoms with van der Waals surface area (Å²) in [7, 11) is 0. The topological polar surface area (TPSA) is 78.9 Å². The predicted octanol–water partition coefficient (Wildman–Crippen LogP) is 4.81. The van der Waals surface area contributed by atoms with Gasteiger partial charge in [0.1, 0.15) is 5.60 Å². The summed E-state index contributed by atoms with van der Waals surface area (Å²) < 4.78 is 6.33. The van der Waals surface area contributed by atoms with Gasteiger partial charge in [0.25, 0.3) is 0 Å². The number of nitrogens with one attached hydrogen (secondary N) is 1. The second-order valence-electron chi connectivity index (χ2n) is 7.92. The molecule has 0 spiro atoms. The van der Waals surface area contributed by atoms with Crippen molar-refractivity contribution in [3.63, 3.8) is 0 Å². The van der Waals surface area contributed by atoms with E-state index in [1.807, 2.05) is 30.3 Å². The smallest absolute Gasteiger partial charge is 0.422 e. The Morgan fingerprint density at radius 2 is 1.93 bits per heavy atom. The molecule has 0 saturated carbocycles. The summed E-state index contributed by atoms with van der Waals surface area (Å²) in [6, 6.07) is 8.65. The normalized spacial score (nSPS) is 13.1. The van der Waals surface area contributed by atoms with Crippen molar-refractivity contribution >= 4 is 33.5 Å². The zero-order valence-electron chi connectivity index (χ0n) is 16.5. The van der Waals surface area contributed by atoms with Crippen LogP contribution in [0.2, 0.25) is 0 Å². The number of hydrazine groups is 1. The van der Waals surface area contributed by atoms with Gasteiger partial charge in [-0.1, -0.05) is 32.0 Å². The Hall–Kier alpha value is -2.12. The average Bonchev–Trinajstić information content (AvgIpc) is 2.93. The van der Waals surface area contributed by atoms with E-state index in [0.29, 0.717) is 17.3 Å². The van der Waals surface area contributed by atoms with E-state index >= 15 is 0 Å². The van der Waals surface area contributed by atoms with Crippen LogP contribution in [0.25, 0.3) is 10.1 Å². The molecule has 2 rings (SSSR count). The minimum absolute atomic E-state index is 0.366. The van der Waals surface area contributed by atoms with Crippen LogP contribution in [-0.4, -0.2) is 34.3 Å². The monoisotopic (exact) mass is 392 g/mol. The molecule has 148 valence electrons. The Balaban J connectivity index is 2.32. The number of ether oxygens (including phenoxy) is 1. The van der Waals surface area contributed by atoms with Crippen LogP contribution in [0.1, 0.15) is 52.0 Å². The number of fused-ring (bicyclic) bond motifs is 1. The van der Waals surface area contributed by atoms with Crippen molar-refractivity contribution in [3.05, 3.63) is 35.2 Å². The van der Waals surface area contributed by atoms with Crippen LogP contribution >= 0.6 is 11.3 Å². The van der Waals surface area contributed by atoms with Gasteiger partial charge in [-0.3, -0.25) is 10.2 Å². The molecule has 0 aliphatic carbocycles. The number of thiophene rings is 1. The summed E-state index contributed by atoms with van der Waals surface area (Å²) in [6.45, 7) is 9.83. The molecule has 0 aliphatic heterocycles. The van der Waals surface area contributed by atoms with Crippen molar-refractivity contribution in [2.24, 2.45) is 5.92 Å². The Morgan fingerprint density at radius 3 is 2.48 bits per heavy atom. The lowest BCUT2D eigenvalue weighted by Crippen LogP contribution is -2.49. The highest BCUT2D eigenvalue weighted by Gasteiger charge is 2.31. The minimum Gasteiger partial charge on any atom is -0.480 e. The van der Waals surface area contributed by atoms with Crippen molar-refractivity contribution in [1.29, 1.82) is 0 Å². The summed E-state index contributed by atoms with van der Waals surface area (Å²) in [5.41, 5.74) is 1.99. The lowest BCUT2D eigenvalue weighted by Gasteiger charge is -2.30. The molecular weight excluding hydrogens is 364 g/mol. The van der Waals surface area contributed by atoms with Crippen molar-refractivity contribution < 1.29 is 19.4 Å². The number of hydrogen-bond donors (Lipinski definition) is 2. The van der Waals surface area contributed by atoms with Crippen LogP contribution in [-0.2, 0) is 9.53 Å². The molecule has 0 aliphatic rings. The second-order valence-corrected chi connectivity index (χ2v) is 9.03. The number of aliphatic carboxylic acids is 1. The van der Waals surface area contributed by atoms with Gasteiger partial charge < -0.3 is 9.84 Å². The highest BCUT2D eigenvalue weighted by molar-refractivity contribution is 7.19. The molecule has 0 radical (unpaired) electrons. The summed E-state index contributed by atoms with van der Waals surface area (Å²) in [4.78, 5) is 25.1. The van der Waals surface area contributed by atoms with Gasteiger partial charge >= 0.3 is 12.1 Å². The van der Waals surface area contributed by atoms with Crippen LogP contribution < -0.4 is 5.43 Å². The molecule has 0 saturated heterocycles. The largest absolute Gasteiger partial charge is 0.480 e. The van der Waals surface area contributed by atoms with Gasteiger partial charge in [0.05, 0.1) is 0 Å². The third-order valence-corrected chi connectivity index (χ3v) is 5.01. The van der Waals surface area contributed by atoms with Crippen LogP contribution in [0.4, 0.5) is 4.79 Å². The molecule has 2 N–H and O–H groups in total. The number of carboxylic acid groups (broad SMARTS) is 1. The van der Waals surface area contributed by atoms with Crippen molar-refractivity contribution in [1.82, 2.24) is 10.4 Å². The Kier molecular flexibility index (Phi) is 6.84. The van der Waals surface area contributed by atoms with E-state index in [1.54, 1.807) is 20.8 Å². The number of carbonyl (C=O) groups is 2. The maximum atomic E-state index is 12.3. The number of nitrogens with zero attached hydrogens (tertiary/aromatic N) is 1. The lowest BCUT2D eigenvalue weighted by atomic mass is 10.1. The fourth-order valence-corrected chi connectivity index (χ4v) is 3.78. The first-order valence-corrected chi connectivity index (χ1v) is 9.86. The first-order valence-electron chi connectivity index (χ1n) is 9.04. The van der Waals surface area contributed by atoms with E-state index in [-0.39, 0.29) is 0 Å². The first kappa shape index (κ1) is 21.2. The third-order valence-electron chi connectivity index (χ3n) is 3.84. The van der Waals surface area contributed by atoms with E-state index in [0.717, 1.165) is 16.5 Å². The SMILES string of the molecule is CC(C)CCN(NC(=O)OC(C)(C)C)C(C(=O)O)c1cc2ccccc2s1. The molecule has 1 aromatic heterocycles. The van der Waals surface area contributed by atoms with Gasteiger partial charge in [-0.15, -0.1) is 11.3 Å². The molecule has 7 heteroatoms. The summed E-state index contributed by atoms with van der Waals surface area (Å²) >= 11 is 1.42. The summed E-state index contributed by atoms with van der Waals surface area (Å²) in [6.07, 6.45) is 0.0865. The van der Waals surface area contributed by atoms with Crippen molar-refractivity contribution in [2.45, 2.75) is 52.7 Å². The molecule has 2 aromatic rings. The van der Waals surface area contributed by atoms with Crippen LogP contribution in [0.5, 0.6) is 0 Å². The zero-order chi connectivity index (χ0) is 20.2. The van der Waals surface area contributed by atoms with Crippen LogP contribution in [0, 0.1) is 5.92 Å². The van der Waals surface area contributed by atoms with E-state index in [9.17, 15) is 14.7 Å². The number of carbonyl (C=O) groups excluding carboxylic acids is 1. The number of carboxylic acids is 1. The molecule has 0 fully saturated rings. The maximum Gasteiger partial charge on any atom is 0.422 e. The highest BCUT2D eigenvalue weighted by atomic mass is 32.1. The van der Waals surface area contributed by atoms with Gasteiger partial charge in [0.2, 0.25) is 0 Å². The first-order chi connectivity index (χ1) is 12.6. The standard InChI is InChI=1S/C20H28N2O4S/c1-13(2)10-11-22(21-19(25)26-20(3,4)5)17(18(23)24)16-12-14-8-6-7-9-15(14)27-16/h6-9,12-13,17H,10-11H2,1-5H3,(H,21,25)(H,23,24). The van der Waals surface area contributed by atoms with E-state index in [2.05, 4.69) is 19.3 Å². The van der Waals surface area contributed by atoms with Gasteiger partial charge in [-0.25, -0.2) is 4.79 Å². The molecule has 1 unspecified atom stereocenters. The molecule has 1 atom stereocenters. The second kappa shape index (κ2) is 8.71. The zero-order valence-corrected chi connectivity index (χ0v) is 17.3. The molecule has 1 heterocycles. The fraction of sp³-hybridized carbons (Fsp3) is 0.500. The van der Waals surface area contributed by atoms with Gasteiger partial charge in [-0.05, 0) is 50.6 Å². The number of rotatable bonds is 7. The van der Waals surface area contributed by atoms with Crippen molar-refractivity contribution in [2.75, 3.05) is 6.54 Å². The maximum absolute atomic E-state index is 12.3. The molecule has 27 heavy (non-hydrogen) atoms. The van der Waals surface area contributed by atoms with Crippen molar-refractivity contribution in [3.8, 4) is 0 Å². The number of hydrogen-bond acceptors (Lipinski definition) is 5. The molecule has 0 bridgehead atoms. The number of amides is 1. The summed E-state index contributed by atoms with van der Waals surface area (Å²) in [5, 5.41) is 12.4. The van der Waals surface area contributed by atoms with Crippen LogP contribution in [0.15, 0.2) is 30.3 Å². The molecule has 6 nitrogen and oxygen atoms in total. The minimum atomic E-state index is -1.01. The van der Waals surface area contributed by atoms with E-state index < -0.39 is 23.7 Å². The Bertz CT molecular complexity index is 762. The molecule has 1 aromatic carbocycles. The Morgan fingerprint density at radius 1 is 1.26 bits per heavy atom. The van der Waals surface area contributed by atoms with Gasteiger partial charge in [0, 0.05) is 16.1 Å². The number of benzene rings is 1. The quantitative estimate of drug-likeness (QED) is 0.661. The highest BCUT2D eigenvalue weighted by Crippen LogP contribution is 2.32. The van der Waals surface area contributed by atoms with E-state index in [1.165, 1.54) is 16.3 Å². The summed E-state index contributed by atoms with van der Waals surface area (Å²) in [5.74, 6) is -0.647. The Labute approximate surface area is 164 Å². The van der Waals surface area contributed by atoms with Gasteiger partial charge in [-0.2, -0.15) is 5.01 Å². The lowest BCUT2D eigenvalue weighted by molar-refractivity contribution is -0.144. The van der Waals surface area contributed by atoms with Gasteiger partial charge in [0.15, 0.2) is 6.04 Å². The fourth-order valence-electron chi connectivity index (χ4n) is 2.61. The van der Waals surface area contributed by atoms with Crippen LogP contribution in [0.3, 0.4) is 0 Å². The third kappa shape index (κ3) is 6.22. The molecule has 1 amide bonds. The molecular formula is C20H28N2O4S. The average molecular weight is 393 g/mol.